The smallest absolute Gasteiger partial charge is 0.227 e. The summed E-state index contributed by atoms with van der Waals surface area (Å²) in [6.07, 6.45) is 3.73. The van der Waals surface area contributed by atoms with Gasteiger partial charge in [0.15, 0.2) is 5.82 Å². The zero-order valence-corrected chi connectivity index (χ0v) is 12.5. The molecule has 1 heterocycles. The largest absolute Gasteiger partial charge is 0.497 e. The molecule has 0 saturated heterocycles. The summed E-state index contributed by atoms with van der Waals surface area (Å²) in [4.78, 5) is 4.48. The summed E-state index contributed by atoms with van der Waals surface area (Å²) in [7, 11) is 1.67. The maximum atomic E-state index is 6.22. The second-order valence-electron chi connectivity index (χ2n) is 5.90. The van der Waals surface area contributed by atoms with Gasteiger partial charge in [-0.25, -0.2) is 0 Å². The first-order chi connectivity index (χ1) is 10.1. The Morgan fingerprint density at radius 3 is 2.90 bits per heavy atom. The number of methoxy groups -OCH3 is 1. The third-order valence-corrected chi connectivity index (χ3v) is 4.30. The molecular formula is C16H21N3O2. The van der Waals surface area contributed by atoms with Gasteiger partial charge in [0.25, 0.3) is 0 Å². The van der Waals surface area contributed by atoms with Crippen LogP contribution in [0.2, 0.25) is 0 Å². The Balaban J connectivity index is 1.71. The first-order valence-electron chi connectivity index (χ1n) is 7.36. The monoisotopic (exact) mass is 287 g/mol. The minimum absolute atomic E-state index is 0.281. The van der Waals surface area contributed by atoms with E-state index in [1.807, 2.05) is 18.2 Å². The van der Waals surface area contributed by atoms with Gasteiger partial charge in [-0.3, -0.25) is 0 Å². The molecular weight excluding hydrogens is 266 g/mol. The normalized spacial score (nSPS) is 18.0. The van der Waals surface area contributed by atoms with Crippen molar-refractivity contribution in [2.45, 2.75) is 44.1 Å². The Kier molecular flexibility index (Phi) is 3.68. The number of nitrogens with zero attached hydrogens (tertiary/aromatic N) is 2. The molecule has 0 aliphatic heterocycles. The Labute approximate surface area is 124 Å². The third-order valence-electron chi connectivity index (χ3n) is 4.30. The Hall–Kier alpha value is -1.88. The highest BCUT2D eigenvalue weighted by Gasteiger charge is 2.39. The molecule has 1 aliphatic rings. The van der Waals surface area contributed by atoms with Crippen molar-refractivity contribution < 1.29 is 9.26 Å². The predicted molar refractivity (Wildman–Crippen MR) is 79.1 cm³/mol. The minimum atomic E-state index is -0.360. The van der Waals surface area contributed by atoms with E-state index in [1.54, 1.807) is 7.11 Å². The average Bonchev–Trinajstić information content (AvgIpc) is 2.93. The van der Waals surface area contributed by atoms with E-state index in [4.69, 9.17) is 15.0 Å². The predicted octanol–water partition coefficient (Wildman–Crippen LogP) is 2.76. The number of benzene rings is 1. The molecule has 0 spiro atoms. The third kappa shape index (κ3) is 2.78. The second-order valence-corrected chi connectivity index (χ2v) is 5.90. The van der Waals surface area contributed by atoms with E-state index in [1.165, 1.54) is 5.56 Å². The summed E-state index contributed by atoms with van der Waals surface area (Å²) in [6.45, 7) is 2.14. The average molecular weight is 287 g/mol. The van der Waals surface area contributed by atoms with E-state index in [9.17, 15) is 0 Å². The first-order valence-corrected chi connectivity index (χ1v) is 7.36. The summed E-state index contributed by atoms with van der Waals surface area (Å²) in [6, 6.07) is 8.06. The lowest BCUT2D eigenvalue weighted by molar-refractivity contribution is 0.229. The van der Waals surface area contributed by atoms with Crippen molar-refractivity contribution in [1.82, 2.24) is 10.1 Å². The van der Waals surface area contributed by atoms with Crippen molar-refractivity contribution in [2.24, 2.45) is 5.73 Å². The molecule has 1 aromatic carbocycles. The summed E-state index contributed by atoms with van der Waals surface area (Å²) in [5, 5.41) is 4.05. The van der Waals surface area contributed by atoms with E-state index in [0.29, 0.717) is 18.1 Å². The van der Waals surface area contributed by atoms with E-state index >= 15 is 0 Å². The Bertz CT molecular complexity index is 619. The molecule has 1 saturated carbocycles. The molecule has 1 fully saturated rings. The zero-order chi connectivity index (χ0) is 14.9. The van der Waals surface area contributed by atoms with Crippen molar-refractivity contribution in [3.63, 3.8) is 0 Å². The molecule has 1 unspecified atom stereocenters. The van der Waals surface area contributed by atoms with Gasteiger partial charge in [0.05, 0.1) is 12.6 Å². The van der Waals surface area contributed by atoms with Gasteiger partial charge < -0.3 is 15.0 Å². The van der Waals surface area contributed by atoms with Crippen molar-refractivity contribution in [3.8, 4) is 5.75 Å². The molecule has 2 N–H and O–H groups in total. The fourth-order valence-corrected chi connectivity index (χ4v) is 2.65. The number of aromatic nitrogens is 2. The molecule has 0 bridgehead atoms. The van der Waals surface area contributed by atoms with Crippen LogP contribution in [0.25, 0.3) is 0 Å². The molecule has 5 nitrogen and oxygen atoms in total. The van der Waals surface area contributed by atoms with Gasteiger partial charge >= 0.3 is 0 Å². The van der Waals surface area contributed by atoms with Crippen LogP contribution in [0.3, 0.4) is 0 Å². The Morgan fingerprint density at radius 2 is 2.24 bits per heavy atom. The molecule has 2 aromatic rings. The highest BCUT2D eigenvalue weighted by atomic mass is 16.5. The van der Waals surface area contributed by atoms with Crippen LogP contribution in [0.4, 0.5) is 0 Å². The van der Waals surface area contributed by atoms with Crippen molar-refractivity contribution in [2.75, 3.05) is 7.11 Å². The van der Waals surface area contributed by atoms with Crippen LogP contribution < -0.4 is 10.5 Å². The van der Waals surface area contributed by atoms with Crippen molar-refractivity contribution >= 4 is 0 Å². The molecule has 1 atom stereocenters. The van der Waals surface area contributed by atoms with Gasteiger partial charge in [-0.1, -0.05) is 24.2 Å². The lowest BCUT2D eigenvalue weighted by Gasteiger charge is -2.34. The second kappa shape index (κ2) is 5.48. The molecule has 1 aliphatic carbocycles. The maximum Gasteiger partial charge on any atom is 0.227 e. The SMILES string of the molecule is COc1cccc(C(C)Cc2nc(C3(N)CCC3)no2)c1. The van der Waals surface area contributed by atoms with Gasteiger partial charge in [0.1, 0.15) is 5.75 Å². The van der Waals surface area contributed by atoms with E-state index in [0.717, 1.165) is 25.0 Å². The zero-order valence-electron chi connectivity index (χ0n) is 12.5. The van der Waals surface area contributed by atoms with Gasteiger partial charge in [-0.2, -0.15) is 4.98 Å². The maximum absolute atomic E-state index is 6.22. The van der Waals surface area contributed by atoms with Gasteiger partial charge in [-0.05, 0) is 42.9 Å². The highest BCUT2D eigenvalue weighted by molar-refractivity contribution is 5.30. The molecule has 5 heteroatoms. The van der Waals surface area contributed by atoms with Crippen LogP contribution in [0, 0.1) is 0 Å². The number of hydrogen-bond acceptors (Lipinski definition) is 5. The molecule has 3 rings (SSSR count). The summed E-state index contributed by atoms with van der Waals surface area (Å²) in [5.41, 5.74) is 7.05. The van der Waals surface area contributed by atoms with Crippen LogP contribution in [0.5, 0.6) is 5.75 Å². The minimum Gasteiger partial charge on any atom is -0.497 e. The quantitative estimate of drug-likeness (QED) is 0.915. The lowest BCUT2D eigenvalue weighted by Crippen LogP contribution is -2.44. The van der Waals surface area contributed by atoms with Crippen LogP contribution in [-0.2, 0) is 12.0 Å². The van der Waals surface area contributed by atoms with E-state index < -0.39 is 0 Å². The van der Waals surface area contributed by atoms with Gasteiger partial charge in [0, 0.05) is 6.42 Å². The van der Waals surface area contributed by atoms with Crippen molar-refractivity contribution in [1.29, 1.82) is 0 Å². The first kappa shape index (κ1) is 14.1. The van der Waals surface area contributed by atoms with Crippen LogP contribution in [0.15, 0.2) is 28.8 Å². The molecule has 112 valence electrons. The van der Waals surface area contributed by atoms with Crippen molar-refractivity contribution in [3.05, 3.63) is 41.5 Å². The summed E-state index contributed by atoms with van der Waals surface area (Å²) in [5.74, 6) is 2.45. The molecule has 21 heavy (non-hydrogen) atoms. The van der Waals surface area contributed by atoms with E-state index in [-0.39, 0.29) is 11.5 Å². The van der Waals surface area contributed by atoms with Gasteiger partial charge in [0.2, 0.25) is 5.89 Å². The summed E-state index contributed by atoms with van der Waals surface area (Å²) < 4.78 is 10.6. The Morgan fingerprint density at radius 1 is 1.43 bits per heavy atom. The van der Waals surface area contributed by atoms with Crippen LogP contribution in [0.1, 0.15) is 49.4 Å². The number of rotatable bonds is 5. The van der Waals surface area contributed by atoms with Crippen LogP contribution in [-0.4, -0.2) is 17.3 Å². The molecule has 0 amide bonds. The molecule has 1 aromatic heterocycles. The van der Waals surface area contributed by atoms with Crippen LogP contribution >= 0.6 is 0 Å². The molecule has 0 radical (unpaired) electrons. The number of hydrogen-bond donors (Lipinski definition) is 1. The lowest BCUT2D eigenvalue weighted by atomic mass is 9.77. The highest BCUT2D eigenvalue weighted by Crippen LogP contribution is 2.37. The fraction of sp³-hybridized carbons (Fsp3) is 0.500. The number of nitrogens with two attached hydrogens (primary N) is 1. The van der Waals surface area contributed by atoms with E-state index in [2.05, 4.69) is 23.1 Å². The summed E-state index contributed by atoms with van der Waals surface area (Å²) >= 11 is 0. The fourth-order valence-electron chi connectivity index (χ4n) is 2.65. The number of ether oxygens (including phenoxy) is 1. The van der Waals surface area contributed by atoms with Gasteiger partial charge in [-0.15, -0.1) is 0 Å². The standard InChI is InChI=1S/C16H21N3O2/c1-11(12-5-3-6-13(10-12)20-2)9-14-18-15(19-21-14)16(17)7-4-8-16/h3,5-6,10-11H,4,7-9,17H2,1-2H3. The topological polar surface area (TPSA) is 74.2 Å².